The lowest BCUT2D eigenvalue weighted by Gasteiger charge is -2.10. The van der Waals surface area contributed by atoms with E-state index in [1.807, 2.05) is 30.5 Å². The maximum absolute atomic E-state index is 15.2. The van der Waals surface area contributed by atoms with Gasteiger partial charge in [0.25, 0.3) is 0 Å². The van der Waals surface area contributed by atoms with Gasteiger partial charge in [-0.3, -0.25) is 4.98 Å². The summed E-state index contributed by atoms with van der Waals surface area (Å²) in [6.45, 7) is 2.20. The Hall–Kier alpha value is -3.41. The van der Waals surface area contributed by atoms with E-state index in [9.17, 15) is 13.2 Å². The van der Waals surface area contributed by atoms with Crippen LogP contribution in [0.15, 0.2) is 72.9 Å². The fourth-order valence-electron chi connectivity index (χ4n) is 4.33. The summed E-state index contributed by atoms with van der Waals surface area (Å²) >= 11 is 0. The number of benzene rings is 3. The average molecular weight is 496 g/mol. The number of pyridine rings is 1. The van der Waals surface area contributed by atoms with Crippen LogP contribution in [-0.2, 0) is 19.3 Å². The lowest BCUT2D eigenvalue weighted by molar-refractivity contribution is -0.274. The summed E-state index contributed by atoms with van der Waals surface area (Å²) in [6.07, 6.45) is 4.06. The second-order valence-electron chi connectivity index (χ2n) is 9.03. The van der Waals surface area contributed by atoms with Crippen LogP contribution in [0.5, 0.6) is 5.75 Å². The first-order valence-corrected chi connectivity index (χ1v) is 12.3. The Labute approximate surface area is 209 Å². The second kappa shape index (κ2) is 11.5. The van der Waals surface area contributed by atoms with Gasteiger partial charge in [0.15, 0.2) is 0 Å². The fraction of sp³-hybridized carbons (Fsp3) is 0.300. The highest BCUT2D eigenvalue weighted by Crippen LogP contribution is 2.28. The molecule has 3 aromatic carbocycles. The molecule has 36 heavy (non-hydrogen) atoms. The zero-order chi connectivity index (χ0) is 25.5. The molecule has 1 aromatic heterocycles. The molecule has 0 aliphatic carbocycles. The standard InChI is InChI=1S/C30H29F4NO/c1-2-3-4-5-6-22-10-18-28(35-20-22)25-14-17-27-24(19-25)13-12-23(29(27)31)11-7-21-8-15-26(16-9-21)36-30(32,33)34/h8-10,12-20H,2-7,11H2,1H3. The summed E-state index contributed by atoms with van der Waals surface area (Å²) in [6, 6.07) is 19.1. The first kappa shape index (κ1) is 25.7. The summed E-state index contributed by atoms with van der Waals surface area (Å²) in [7, 11) is 0. The highest BCUT2D eigenvalue weighted by Gasteiger charge is 2.30. The third-order valence-corrected chi connectivity index (χ3v) is 6.31. The molecule has 0 saturated carbocycles. The fourth-order valence-corrected chi connectivity index (χ4v) is 4.33. The SMILES string of the molecule is CCCCCCc1ccc(-c2ccc3c(F)c(CCc4ccc(OC(F)(F)F)cc4)ccc3c2)nc1. The molecule has 0 unspecified atom stereocenters. The van der Waals surface area contributed by atoms with Gasteiger partial charge in [0.2, 0.25) is 0 Å². The monoisotopic (exact) mass is 495 g/mol. The molecule has 4 aromatic rings. The molecule has 0 atom stereocenters. The number of aromatic nitrogens is 1. The van der Waals surface area contributed by atoms with E-state index in [2.05, 4.69) is 22.7 Å². The van der Waals surface area contributed by atoms with Gasteiger partial charge in [0.1, 0.15) is 11.6 Å². The Bertz CT molecular complexity index is 1280. The van der Waals surface area contributed by atoms with Crippen molar-refractivity contribution in [3.63, 3.8) is 0 Å². The molecule has 4 rings (SSSR count). The van der Waals surface area contributed by atoms with Gasteiger partial charge in [-0.05, 0) is 72.0 Å². The maximum atomic E-state index is 15.2. The zero-order valence-electron chi connectivity index (χ0n) is 20.2. The van der Waals surface area contributed by atoms with Crippen LogP contribution in [-0.4, -0.2) is 11.3 Å². The van der Waals surface area contributed by atoms with E-state index < -0.39 is 6.36 Å². The Morgan fingerprint density at radius 2 is 1.56 bits per heavy atom. The Morgan fingerprint density at radius 1 is 0.778 bits per heavy atom. The van der Waals surface area contributed by atoms with Crippen LogP contribution in [0.3, 0.4) is 0 Å². The molecule has 0 fully saturated rings. The molecule has 0 radical (unpaired) electrons. The summed E-state index contributed by atoms with van der Waals surface area (Å²) in [5, 5.41) is 1.34. The highest BCUT2D eigenvalue weighted by atomic mass is 19.4. The molecule has 0 saturated heterocycles. The predicted molar refractivity (Wildman–Crippen MR) is 136 cm³/mol. The second-order valence-corrected chi connectivity index (χ2v) is 9.03. The number of ether oxygens (including phenoxy) is 1. The smallest absolute Gasteiger partial charge is 0.406 e. The van der Waals surface area contributed by atoms with Gasteiger partial charge in [-0.2, -0.15) is 0 Å². The van der Waals surface area contributed by atoms with Gasteiger partial charge >= 0.3 is 6.36 Å². The molecule has 188 valence electrons. The average Bonchev–Trinajstić information content (AvgIpc) is 2.86. The number of alkyl halides is 3. The Morgan fingerprint density at radius 3 is 2.25 bits per heavy atom. The summed E-state index contributed by atoms with van der Waals surface area (Å²) in [5.74, 6) is -0.540. The Kier molecular flexibility index (Phi) is 8.24. The van der Waals surface area contributed by atoms with Crippen LogP contribution in [0.4, 0.5) is 17.6 Å². The van der Waals surface area contributed by atoms with Crippen LogP contribution in [0.1, 0.15) is 49.3 Å². The van der Waals surface area contributed by atoms with Crippen LogP contribution in [0.2, 0.25) is 0 Å². The van der Waals surface area contributed by atoms with Crippen molar-refractivity contribution in [2.24, 2.45) is 0 Å². The number of rotatable bonds is 10. The van der Waals surface area contributed by atoms with Crippen molar-refractivity contribution in [1.82, 2.24) is 4.98 Å². The van der Waals surface area contributed by atoms with Gasteiger partial charge in [0, 0.05) is 17.1 Å². The van der Waals surface area contributed by atoms with E-state index in [0.717, 1.165) is 28.6 Å². The van der Waals surface area contributed by atoms with Gasteiger partial charge in [-0.25, -0.2) is 4.39 Å². The van der Waals surface area contributed by atoms with E-state index in [1.54, 1.807) is 24.3 Å². The normalized spacial score (nSPS) is 11.7. The number of hydrogen-bond donors (Lipinski definition) is 0. The van der Waals surface area contributed by atoms with Crippen LogP contribution in [0.25, 0.3) is 22.0 Å². The minimum Gasteiger partial charge on any atom is -0.406 e. The minimum atomic E-state index is -4.72. The van der Waals surface area contributed by atoms with E-state index >= 15 is 4.39 Å². The van der Waals surface area contributed by atoms with E-state index in [-0.39, 0.29) is 11.6 Å². The zero-order valence-corrected chi connectivity index (χ0v) is 20.2. The third kappa shape index (κ3) is 6.84. The van der Waals surface area contributed by atoms with Gasteiger partial charge in [-0.15, -0.1) is 13.2 Å². The summed E-state index contributed by atoms with van der Waals surface area (Å²) in [5.41, 5.74) is 4.40. The van der Waals surface area contributed by atoms with Crippen molar-refractivity contribution in [2.75, 3.05) is 0 Å². The van der Waals surface area contributed by atoms with Crippen molar-refractivity contribution in [3.8, 4) is 17.0 Å². The third-order valence-electron chi connectivity index (χ3n) is 6.31. The van der Waals surface area contributed by atoms with E-state index in [0.29, 0.717) is 23.8 Å². The molecule has 0 spiro atoms. The number of hydrogen-bond acceptors (Lipinski definition) is 2. The lowest BCUT2D eigenvalue weighted by atomic mass is 9.98. The molecule has 0 bridgehead atoms. The topological polar surface area (TPSA) is 22.1 Å². The Balaban J connectivity index is 1.42. The van der Waals surface area contributed by atoms with Gasteiger partial charge in [-0.1, -0.05) is 68.7 Å². The highest BCUT2D eigenvalue weighted by molar-refractivity contribution is 5.88. The molecule has 0 N–H and O–H groups in total. The predicted octanol–water partition coefficient (Wildman–Crippen LogP) is 8.85. The van der Waals surface area contributed by atoms with Crippen LogP contribution >= 0.6 is 0 Å². The van der Waals surface area contributed by atoms with Crippen LogP contribution < -0.4 is 4.74 Å². The van der Waals surface area contributed by atoms with Gasteiger partial charge in [0.05, 0.1) is 5.69 Å². The molecule has 6 heteroatoms. The van der Waals surface area contributed by atoms with E-state index in [1.165, 1.54) is 43.4 Å². The van der Waals surface area contributed by atoms with Crippen molar-refractivity contribution in [3.05, 3.63) is 95.4 Å². The molecule has 1 heterocycles. The minimum absolute atomic E-state index is 0.268. The van der Waals surface area contributed by atoms with Crippen molar-refractivity contribution < 1.29 is 22.3 Å². The molecule has 0 aliphatic rings. The molecule has 0 amide bonds. The number of halogens is 4. The van der Waals surface area contributed by atoms with E-state index in [4.69, 9.17) is 0 Å². The summed E-state index contributed by atoms with van der Waals surface area (Å²) in [4.78, 5) is 4.62. The number of unbranched alkanes of at least 4 members (excludes halogenated alkanes) is 3. The van der Waals surface area contributed by atoms with Crippen molar-refractivity contribution in [2.45, 2.75) is 58.2 Å². The molecule has 0 aliphatic heterocycles. The maximum Gasteiger partial charge on any atom is 0.573 e. The quantitative estimate of drug-likeness (QED) is 0.162. The van der Waals surface area contributed by atoms with Crippen molar-refractivity contribution >= 4 is 10.8 Å². The first-order valence-electron chi connectivity index (χ1n) is 12.3. The number of fused-ring (bicyclic) bond motifs is 1. The first-order chi connectivity index (χ1) is 17.3. The molecule has 2 nitrogen and oxygen atoms in total. The molecular formula is C30H29F4NO. The lowest BCUT2D eigenvalue weighted by Crippen LogP contribution is -2.17. The number of aryl methyl sites for hydroxylation is 3. The summed E-state index contributed by atoms with van der Waals surface area (Å²) < 4.78 is 56.1. The number of nitrogens with zero attached hydrogens (tertiary/aromatic N) is 1. The van der Waals surface area contributed by atoms with Gasteiger partial charge < -0.3 is 4.74 Å². The molecular weight excluding hydrogens is 466 g/mol. The van der Waals surface area contributed by atoms with Crippen LogP contribution in [0, 0.1) is 5.82 Å². The largest absolute Gasteiger partial charge is 0.573 e. The van der Waals surface area contributed by atoms with Crippen molar-refractivity contribution in [1.29, 1.82) is 0 Å².